The molecule has 0 fully saturated rings. The third-order valence-corrected chi connectivity index (χ3v) is 9.01. The second kappa shape index (κ2) is 19.7. The predicted molar refractivity (Wildman–Crippen MR) is 226 cm³/mol. The van der Waals surface area contributed by atoms with Gasteiger partial charge in [0, 0.05) is 22.5 Å². The average Bonchev–Trinajstić information content (AvgIpc) is 3.24. The van der Waals surface area contributed by atoms with E-state index in [1.165, 1.54) is 86.0 Å². The number of benzene rings is 5. The number of amides is 5. The van der Waals surface area contributed by atoms with E-state index in [0.717, 1.165) is 13.2 Å². The highest BCUT2D eigenvalue weighted by Gasteiger charge is 2.27. The Morgan fingerprint density at radius 2 is 1.15 bits per heavy atom. The summed E-state index contributed by atoms with van der Waals surface area (Å²) in [6.45, 7) is 1.61. The molecule has 5 aromatic rings. The molecule has 5 amide bonds. The van der Waals surface area contributed by atoms with Gasteiger partial charge in [0.25, 0.3) is 23.6 Å². The summed E-state index contributed by atoms with van der Waals surface area (Å²) in [6, 6.07) is 22.6. The van der Waals surface area contributed by atoms with Crippen molar-refractivity contribution >= 4 is 64.3 Å². The van der Waals surface area contributed by atoms with Gasteiger partial charge in [-0.3, -0.25) is 24.0 Å². The molecule has 316 valence electrons. The number of carboxylic acids is 1. The fourth-order valence-corrected chi connectivity index (χ4v) is 5.79. The zero-order valence-corrected chi connectivity index (χ0v) is 33.1. The van der Waals surface area contributed by atoms with Crippen LogP contribution in [-0.2, 0) is 9.59 Å². The predicted octanol–water partition coefficient (Wildman–Crippen LogP) is 5.72. The highest BCUT2D eigenvalue weighted by Crippen LogP contribution is 2.41. The molecule has 62 heavy (non-hydrogen) atoms. The van der Waals surface area contributed by atoms with Crippen molar-refractivity contribution in [3.05, 3.63) is 130 Å². The number of rotatable bonds is 15. The van der Waals surface area contributed by atoms with Gasteiger partial charge in [0.2, 0.25) is 5.91 Å². The van der Waals surface area contributed by atoms with E-state index < -0.39 is 59.5 Å². The molecule has 0 bridgehead atoms. The number of nitrogens with one attached hydrogen (secondary N) is 5. The molecule has 0 aromatic heterocycles. The van der Waals surface area contributed by atoms with E-state index in [9.17, 15) is 49.3 Å². The summed E-state index contributed by atoms with van der Waals surface area (Å²) in [7, 11) is 2.34. The minimum atomic E-state index is -1.39. The number of carbonyl (C=O) groups is 6. The molecule has 0 aliphatic carbocycles. The summed E-state index contributed by atoms with van der Waals surface area (Å²) in [5.41, 5.74) is 0.985. The average molecular weight is 843 g/mol. The molecule has 18 nitrogen and oxygen atoms in total. The molecule has 1 unspecified atom stereocenters. The first-order chi connectivity index (χ1) is 29.6. The van der Waals surface area contributed by atoms with E-state index in [2.05, 4.69) is 26.6 Å². The van der Waals surface area contributed by atoms with Crippen LogP contribution in [0.4, 0.5) is 22.7 Å². The highest BCUT2D eigenvalue weighted by atomic mass is 16.5. The SMILES string of the molecule is COc1c(NC(=O)c2ccc(NC(=O)C(CC#N)NC(=O)c3ccc(NC(=O)/C(C)=C/c4ccc(O)cc4)cc3)c(OC)c2O)ccc(C(=O)Nc2ccc(C(=O)O)cc2)c1O. The van der Waals surface area contributed by atoms with Gasteiger partial charge in [0.15, 0.2) is 23.0 Å². The van der Waals surface area contributed by atoms with Crippen LogP contribution in [0, 0.1) is 11.3 Å². The van der Waals surface area contributed by atoms with Crippen molar-refractivity contribution in [1.29, 1.82) is 5.26 Å². The number of hydrogen-bond acceptors (Lipinski definition) is 12. The summed E-state index contributed by atoms with van der Waals surface area (Å²) in [5, 5.41) is 62.6. The lowest BCUT2D eigenvalue weighted by Gasteiger charge is -2.19. The molecule has 5 rings (SSSR count). The highest BCUT2D eigenvalue weighted by molar-refractivity contribution is 6.11. The molecule has 0 spiro atoms. The minimum Gasteiger partial charge on any atom is -0.508 e. The van der Waals surface area contributed by atoms with Crippen LogP contribution in [0.5, 0.6) is 28.7 Å². The summed E-state index contributed by atoms with van der Waals surface area (Å²) in [5.74, 6) is -6.76. The lowest BCUT2D eigenvalue weighted by molar-refractivity contribution is -0.118. The van der Waals surface area contributed by atoms with Crippen LogP contribution >= 0.6 is 0 Å². The Morgan fingerprint density at radius 1 is 0.645 bits per heavy atom. The third-order valence-electron chi connectivity index (χ3n) is 9.01. The number of aromatic hydroxyl groups is 3. The van der Waals surface area contributed by atoms with Gasteiger partial charge in [-0.05, 0) is 103 Å². The number of hydrogen-bond donors (Lipinski definition) is 9. The van der Waals surface area contributed by atoms with Crippen molar-refractivity contribution in [3.8, 4) is 34.8 Å². The fraction of sp³-hybridized carbons (Fsp3) is 0.114. The van der Waals surface area contributed by atoms with Crippen molar-refractivity contribution in [2.75, 3.05) is 35.5 Å². The van der Waals surface area contributed by atoms with Gasteiger partial charge in [-0.25, -0.2) is 4.79 Å². The maximum absolute atomic E-state index is 13.4. The Kier molecular flexibility index (Phi) is 14.1. The van der Waals surface area contributed by atoms with Gasteiger partial charge in [-0.15, -0.1) is 0 Å². The van der Waals surface area contributed by atoms with Crippen LogP contribution in [0.25, 0.3) is 6.08 Å². The number of methoxy groups -OCH3 is 2. The summed E-state index contributed by atoms with van der Waals surface area (Å²) >= 11 is 0. The van der Waals surface area contributed by atoms with Crippen molar-refractivity contribution in [1.82, 2.24) is 5.32 Å². The molecular formula is C44H38N6O12. The van der Waals surface area contributed by atoms with E-state index in [1.807, 2.05) is 6.07 Å². The molecule has 9 N–H and O–H groups in total. The maximum Gasteiger partial charge on any atom is 0.335 e. The zero-order chi connectivity index (χ0) is 45.1. The van der Waals surface area contributed by atoms with Gasteiger partial charge in [0.1, 0.15) is 11.8 Å². The van der Waals surface area contributed by atoms with E-state index in [1.54, 1.807) is 25.1 Å². The number of phenols is 3. The monoisotopic (exact) mass is 842 g/mol. The molecule has 0 radical (unpaired) electrons. The number of carboxylic acid groups (broad SMARTS) is 1. The molecular weight excluding hydrogens is 805 g/mol. The summed E-state index contributed by atoms with van der Waals surface area (Å²) in [4.78, 5) is 76.7. The van der Waals surface area contributed by atoms with Crippen molar-refractivity contribution in [2.45, 2.75) is 19.4 Å². The maximum atomic E-state index is 13.4. The number of anilines is 4. The molecule has 1 atom stereocenters. The van der Waals surface area contributed by atoms with Gasteiger partial charge in [0.05, 0.1) is 54.8 Å². The zero-order valence-electron chi connectivity index (χ0n) is 33.1. The van der Waals surface area contributed by atoms with Crippen LogP contribution < -0.4 is 36.1 Å². The molecule has 0 saturated heterocycles. The van der Waals surface area contributed by atoms with Crippen molar-refractivity contribution in [2.24, 2.45) is 0 Å². The number of carbonyl (C=O) groups excluding carboxylic acids is 5. The quantitative estimate of drug-likeness (QED) is 0.0571. The first-order valence-corrected chi connectivity index (χ1v) is 18.3. The number of aromatic carboxylic acids is 1. The van der Waals surface area contributed by atoms with Crippen molar-refractivity contribution < 1.29 is 58.7 Å². The Bertz CT molecular complexity index is 2620. The first-order valence-electron chi connectivity index (χ1n) is 18.3. The minimum absolute atomic E-state index is 0.0000380. The van der Waals surface area contributed by atoms with Crippen molar-refractivity contribution in [3.63, 3.8) is 0 Å². The topological polar surface area (TPSA) is 286 Å². The van der Waals surface area contributed by atoms with Gasteiger partial charge >= 0.3 is 5.97 Å². The number of nitrogens with zero attached hydrogens (tertiary/aromatic N) is 1. The molecule has 0 heterocycles. The molecule has 5 aromatic carbocycles. The lowest BCUT2D eigenvalue weighted by Crippen LogP contribution is -2.43. The van der Waals surface area contributed by atoms with Gasteiger partial charge in [-0.1, -0.05) is 12.1 Å². The van der Waals surface area contributed by atoms with Crippen LogP contribution in [0.15, 0.2) is 103 Å². The Morgan fingerprint density at radius 3 is 1.66 bits per heavy atom. The third kappa shape index (κ3) is 10.6. The Hall–Kier alpha value is -8.85. The van der Waals surface area contributed by atoms with E-state index in [4.69, 9.17) is 14.6 Å². The largest absolute Gasteiger partial charge is 0.508 e. The molecule has 0 aliphatic rings. The van der Waals surface area contributed by atoms with Crippen LogP contribution in [0.3, 0.4) is 0 Å². The lowest BCUT2D eigenvalue weighted by atomic mass is 10.1. The van der Waals surface area contributed by atoms with E-state index in [0.29, 0.717) is 16.8 Å². The number of phenolic OH excluding ortho intramolecular Hbond substituents is 3. The molecule has 18 heteroatoms. The van der Waals surface area contributed by atoms with Gasteiger partial charge in [-0.2, -0.15) is 5.26 Å². The fourth-order valence-electron chi connectivity index (χ4n) is 5.79. The number of nitriles is 1. The van der Waals surface area contributed by atoms with E-state index >= 15 is 0 Å². The van der Waals surface area contributed by atoms with E-state index in [-0.39, 0.29) is 56.6 Å². The Labute approximate surface area is 353 Å². The normalized spacial score (nSPS) is 11.2. The summed E-state index contributed by atoms with van der Waals surface area (Å²) < 4.78 is 10.5. The molecule has 0 saturated carbocycles. The number of ether oxygens (including phenoxy) is 2. The smallest absolute Gasteiger partial charge is 0.335 e. The Balaban J connectivity index is 1.24. The van der Waals surface area contributed by atoms with Crippen LogP contribution in [0.2, 0.25) is 0 Å². The first kappa shape index (κ1) is 44.3. The van der Waals surface area contributed by atoms with Crippen LogP contribution in [-0.4, -0.2) is 76.2 Å². The van der Waals surface area contributed by atoms with Gasteiger partial charge < -0.3 is 56.5 Å². The van der Waals surface area contributed by atoms with Crippen LogP contribution in [0.1, 0.15) is 60.3 Å². The molecule has 0 aliphatic heterocycles. The standard InChI is InChI=1S/C44H38N6O12/c1-23(22-24-4-14-29(51)15-5-24)39(54)46-27-10-6-25(7-11-27)40(55)50-34(20-21-45)43(58)49-33-19-17-31(36(53)38(33)62-3)42(57)48-32-18-16-30(35(52)37(32)61-2)41(56)47-28-12-8-26(9-13-28)44(59)60/h4-19,22,34,51-53H,20H2,1-3H3,(H,46,54)(H,47,56)(H,48,57)(H,49,58)(H,50,55)(H,59,60)/b23-22+. The second-order valence-electron chi connectivity index (χ2n) is 13.2. The summed E-state index contributed by atoms with van der Waals surface area (Å²) in [6.07, 6.45) is 1.18. The second-order valence-corrected chi connectivity index (χ2v) is 13.2.